The van der Waals surface area contributed by atoms with E-state index in [-0.39, 0.29) is 0 Å². The molecule has 1 fully saturated rings. The number of aromatic nitrogens is 2. The van der Waals surface area contributed by atoms with Gasteiger partial charge in [-0.25, -0.2) is 4.98 Å². The summed E-state index contributed by atoms with van der Waals surface area (Å²) in [5.41, 5.74) is 1.07. The summed E-state index contributed by atoms with van der Waals surface area (Å²) in [6, 6.07) is 0.571. The molecular formula is C15H28N4O. The molecule has 0 bridgehead atoms. The van der Waals surface area contributed by atoms with Crippen molar-refractivity contribution in [1.29, 1.82) is 0 Å². The van der Waals surface area contributed by atoms with Crippen LogP contribution in [0.15, 0.2) is 6.20 Å². The summed E-state index contributed by atoms with van der Waals surface area (Å²) in [7, 11) is 1.75. The lowest BCUT2D eigenvalue weighted by Gasteiger charge is -2.24. The van der Waals surface area contributed by atoms with Crippen LogP contribution in [-0.2, 0) is 11.3 Å². The van der Waals surface area contributed by atoms with Crippen LogP contribution in [-0.4, -0.2) is 53.8 Å². The molecule has 1 aromatic heterocycles. The first-order chi connectivity index (χ1) is 9.70. The van der Waals surface area contributed by atoms with Crippen molar-refractivity contribution in [2.24, 2.45) is 0 Å². The van der Waals surface area contributed by atoms with Crippen LogP contribution in [0.2, 0.25) is 0 Å². The maximum Gasteiger partial charge on any atom is 0.203 e. The van der Waals surface area contributed by atoms with E-state index < -0.39 is 0 Å². The summed E-state index contributed by atoms with van der Waals surface area (Å²) in [4.78, 5) is 7.13. The van der Waals surface area contributed by atoms with E-state index in [0.29, 0.717) is 6.04 Å². The predicted octanol–water partition coefficient (Wildman–Crippen LogP) is 2.12. The Morgan fingerprint density at radius 2 is 2.15 bits per heavy atom. The smallest absolute Gasteiger partial charge is 0.203 e. The average molecular weight is 280 g/mol. The zero-order valence-electron chi connectivity index (χ0n) is 13.1. The predicted molar refractivity (Wildman–Crippen MR) is 82.2 cm³/mol. The van der Waals surface area contributed by atoms with Gasteiger partial charge in [0.2, 0.25) is 5.95 Å². The topological polar surface area (TPSA) is 42.3 Å². The number of ether oxygens (including phenoxy) is 1. The summed E-state index contributed by atoms with van der Waals surface area (Å²) in [5, 5.41) is 3.51. The summed E-state index contributed by atoms with van der Waals surface area (Å²) in [5.74, 6) is 0.990. The Morgan fingerprint density at radius 3 is 2.85 bits per heavy atom. The first kappa shape index (κ1) is 15.3. The van der Waals surface area contributed by atoms with E-state index in [9.17, 15) is 0 Å². The van der Waals surface area contributed by atoms with Crippen molar-refractivity contribution in [3.05, 3.63) is 11.9 Å². The van der Waals surface area contributed by atoms with Gasteiger partial charge in [0.05, 0.1) is 5.69 Å². The van der Waals surface area contributed by atoms with Crippen LogP contribution >= 0.6 is 0 Å². The number of methoxy groups -OCH3 is 1. The van der Waals surface area contributed by atoms with Gasteiger partial charge in [0, 0.05) is 39.0 Å². The molecule has 20 heavy (non-hydrogen) atoms. The van der Waals surface area contributed by atoms with Gasteiger partial charge in [0.1, 0.15) is 0 Å². The minimum atomic E-state index is 0.571. The number of nitrogens with one attached hydrogen (secondary N) is 1. The molecule has 1 N–H and O–H groups in total. The zero-order chi connectivity index (χ0) is 14.4. The van der Waals surface area contributed by atoms with E-state index >= 15 is 0 Å². The van der Waals surface area contributed by atoms with Crippen LogP contribution in [0.3, 0.4) is 0 Å². The number of nitrogens with zero attached hydrogens (tertiary/aromatic N) is 3. The van der Waals surface area contributed by atoms with Crippen LogP contribution in [0.5, 0.6) is 0 Å². The molecule has 1 aromatic rings. The molecule has 0 spiro atoms. The molecule has 0 saturated carbocycles. The SMILES string of the molecule is COCCCn1cc(C)nc1NCC(C)N1CCCC1. The number of hydrogen-bond acceptors (Lipinski definition) is 4. The van der Waals surface area contributed by atoms with Gasteiger partial charge >= 0.3 is 0 Å². The third-order valence-electron chi connectivity index (χ3n) is 3.96. The fourth-order valence-corrected chi connectivity index (χ4v) is 2.79. The second-order valence-electron chi connectivity index (χ2n) is 5.72. The maximum absolute atomic E-state index is 5.12. The highest BCUT2D eigenvalue weighted by atomic mass is 16.5. The van der Waals surface area contributed by atoms with Gasteiger partial charge < -0.3 is 14.6 Å². The van der Waals surface area contributed by atoms with Crippen molar-refractivity contribution in [3.8, 4) is 0 Å². The van der Waals surface area contributed by atoms with Gasteiger partial charge in [-0.05, 0) is 46.2 Å². The van der Waals surface area contributed by atoms with E-state index in [2.05, 4.69) is 32.9 Å². The Balaban J connectivity index is 1.84. The fourth-order valence-electron chi connectivity index (χ4n) is 2.79. The monoisotopic (exact) mass is 280 g/mol. The van der Waals surface area contributed by atoms with E-state index in [1.54, 1.807) is 7.11 Å². The van der Waals surface area contributed by atoms with E-state index in [4.69, 9.17) is 4.74 Å². The second-order valence-corrected chi connectivity index (χ2v) is 5.72. The molecule has 0 amide bonds. The number of aryl methyl sites for hydroxylation is 2. The van der Waals surface area contributed by atoms with Crippen LogP contribution < -0.4 is 5.32 Å². The first-order valence-corrected chi connectivity index (χ1v) is 7.71. The van der Waals surface area contributed by atoms with Crippen molar-refractivity contribution < 1.29 is 4.74 Å². The lowest BCUT2D eigenvalue weighted by Crippen LogP contribution is -2.36. The molecule has 1 aliphatic heterocycles. The van der Waals surface area contributed by atoms with Crippen molar-refractivity contribution in [1.82, 2.24) is 14.5 Å². The Hall–Kier alpha value is -1.07. The van der Waals surface area contributed by atoms with Crippen LogP contribution in [0.1, 0.15) is 31.9 Å². The molecule has 1 aliphatic rings. The van der Waals surface area contributed by atoms with E-state index in [0.717, 1.165) is 37.8 Å². The largest absolute Gasteiger partial charge is 0.385 e. The van der Waals surface area contributed by atoms with Gasteiger partial charge in [-0.1, -0.05) is 0 Å². The lowest BCUT2D eigenvalue weighted by molar-refractivity contribution is 0.190. The normalized spacial score (nSPS) is 17.6. The molecule has 5 heteroatoms. The Labute approximate surface area is 122 Å². The lowest BCUT2D eigenvalue weighted by atomic mass is 10.3. The zero-order valence-corrected chi connectivity index (χ0v) is 13.1. The molecule has 1 atom stereocenters. The van der Waals surface area contributed by atoms with Gasteiger partial charge in [-0.2, -0.15) is 0 Å². The molecule has 0 aromatic carbocycles. The fraction of sp³-hybridized carbons (Fsp3) is 0.800. The highest BCUT2D eigenvalue weighted by Gasteiger charge is 2.18. The van der Waals surface area contributed by atoms with Gasteiger partial charge in [-0.3, -0.25) is 4.90 Å². The Morgan fingerprint density at radius 1 is 1.40 bits per heavy atom. The molecule has 1 unspecified atom stereocenters. The minimum Gasteiger partial charge on any atom is -0.385 e. The minimum absolute atomic E-state index is 0.571. The molecule has 2 rings (SSSR count). The summed E-state index contributed by atoms with van der Waals surface area (Å²) in [6.45, 7) is 9.52. The van der Waals surface area contributed by atoms with Crippen molar-refractivity contribution >= 4 is 5.95 Å². The number of rotatable bonds is 8. The van der Waals surface area contributed by atoms with E-state index in [1.807, 2.05) is 6.92 Å². The first-order valence-electron chi connectivity index (χ1n) is 7.71. The molecule has 0 aliphatic carbocycles. The third kappa shape index (κ3) is 4.21. The quantitative estimate of drug-likeness (QED) is 0.741. The number of imidazole rings is 1. The van der Waals surface area contributed by atoms with Crippen molar-refractivity contribution in [2.75, 3.05) is 38.7 Å². The van der Waals surface area contributed by atoms with Crippen LogP contribution in [0, 0.1) is 6.92 Å². The van der Waals surface area contributed by atoms with Crippen LogP contribution in [0.25, 0.3) is 0 Å². The van der Waals surface area contributed by atoms with Gasteiger partial charge in [-0.15, -0.1) is 0 Å². The average Bonchev–Trinajstić information content (AvgIpc) is 3.06. The van der Waals surface area contributed by atoms with E-state index in [1.165, 1.54) is 25.9 Å². The Bertz CT molecular complexity index is 399. The Kier molecular flexibility index (Phi) is 5.86. The molecule has 114 valence electrons. The second kappa shape index (κ2) is 7.64. The van der Waals surface area contributed by atoms with Gasteiger partial charge in [0.25, 0.3) is 0 Å². The highest BCUT2D eigenvalue weighted by Crippen LogP contribution is 2.13. The van der Waals surface area contributed by atoms with Crippen LogP contribution in [0.4, 0.5) is 5.95 Å². The van der Waals surface area contributed by atoms with Gasteiger partial charge in [0.15, 0.2) is 0 Å². The molecule has 1 saturated heterocycles. The number of likely N-dealkylation sites (tertiary alicyclic amines) is 1. The molecular weight excluding hydrogens is 252 g/mol. The van der Waals surface area contributed by atoms with Crippen molar-refractivity contribution in [3.63, 3.8) is 0 Å². The standard InChI is InChI=1S/C15H28N4O/c1-13-12-19(9-6-10-20-3)15(17-13)16-11-14(2)18-7-4-5-8-18/h12,14H,4-11H2,1-3H3,(H,16,17). The maximum atomic E-state index is 5.12. The molecule has 2 heterocycles. The third-order valence-corrected chi connectivity index (χ3v) is 3.96. The molecule has 0 radical (unpaired) electrons. The summed E-state index contributed by atoms with van der Waals surface area (Å²) >= 11 is 0. The summed E-state index contributed by atoms with van der Waals surface area (Å²) < 4.78 is 7.31. The highest BCUT2D eigenvalue weighted by molar-refractivity contribution is 5.29. The molecule has 5 nitrogen and oxygen atoms in total. The summed E-state index contributed by atoms with van der Waals surface area (Å²) in [6.07, 6.45) is 5.81. The number of hydrogen-bond donors (Lipinski definition) is 1. The number of anilines is 1. The van der Waals surface area contributed by atoms with Crippen molar-refractivity contribution in [2.45, 2.75) is 45.7 Å².